The first-order valence-corrected chi connectivity index (χ1v) is 8.86. The highest BCUT2D eigenvalue weighted by Crippen LogP contribution is 2.38. The SMILES string of the molecule is Cc1ccc(NC(=O)C(C#N)=C2C(=O)N(CC(C)C)c3ccccc32)cc1. The standard InChI is InChI=1S/C22H21N3O2/c1-14(2)13-25-19-7-5-4-6-17(19)20(22(25)27)18(12-23)21(26)24-16-10-8-15(3)9-11-16/h4-11,14H,13H2,1-3H3,(H,24,26). The number of aryl methyl sites for hydroxylation is 1. The molecular weight excluding hydrogens is 338 g/mol. The fraction of sp³-hybridized carbons (Fsp3) is 0.227. The van der Waals surface area contributed by atoms with Gasteiger partial charge < -0.3 is 10.2 Å². The van der Waals surface area contributed by atoms with Crippen molar-refractivity contribution in [1.29, 1.82) is 5.26 Å². The molecule has 0 fully saturated rings. The molecule has 3 rings (SSSR count). The van der Waals surface area contributed by atoms with E-state index < -0.39 is 5.91 Å². The summed E-state index contributed by atoms with van der Waals surface area (Å²) in [4.78, 5) is 27.4. The molecule has 0 aliphatic carbocycles. The Morgan fingerprint density at radius 2 is 1.81 bits per heavy atom. The van der Waals surface area contributed by atoms with Gasteiger partial charge in [-0.15, -0.1) is 0 Å². The number of amides is 2. The van der Waals surface area contributed by atoms with Gasteiger partial charge in [-0.1, -0.05) is 49.7 Å². The molecule has 27 heavy (non-hydrogen) atoms. The maximum Gasteiger partial charge on any atom is 0.267 e. The average Bonchev–Trinajstić information content (AvgIpc) is 2.90. The van der Waals surface area contributed by atoms with Crippen LogP contribution >= 0.6 is 0 Å². The maximum atomic E-state index is 13.0. The molecule has 1 aliphatic rings. The van der Waals surface area contributed by atoms with Gasteiger partial charge in [0.05, 0.1) is 11.3 Å². The third kappa shape index (κ3) is 3.61. The lowest BCUT2D eigenvalue weighted by atomic mass is 10.0. The van der Waals surface area contributed by atoms with Crippen LogP contribution in [-0.2, 0) is 9.59 Å². The highest BCUT2D eigenvalue weighted by molar-refractivity contribution is 6.37. The molecule has 5 heteroatoms. The van der Waals surface area contributed by atoms with Crippen LogP contribution in [0.1, 0.15) is 25.0 Å². The lowest BCUT2D eigenvalue weighted by molar-refractivity contribution is -0.114. The molecule has 0 atom stereocenters. The predicted molar refractivity (Wildman–Crippen MR) is 106 cm³/mol. The highest BCUT2D eigenvalue weighted by atomic mass is 16.2. The first kappa shape index (κ1) is 18.4. The summed E-state index contributed by atoms with van der Waals surface area (Å²) in [6.45, 7) is 6.52. The van der Waals surface area contributed by atoms with Gasteiger partial charge in [-0.2, -0.15) is 5.26 Å². The monoisotopic (exact) mass is 359 g/mol. The second-order valence-electron chi connectivity index (χ2n) is 7.01. The number of nitriles is 1. The summed E-state index contributed by atoms with van der Waals surface area (Å²) in [7, 11) is 0. The van der Waals surface area contributed by atoms with Crippen LogP contribution in [0.15, 0.2) is 54.1 Å². The highest BCUT2D eigenvalue weighted by Gasteiger charge is 2.36. The van der Waals surface area contributed by atoms with Crippen LogP contribution in [0.5, 0.6) is 0 Å². The zero-order chi connectivity index (χ0) is 19.6. The van der Waals surface area contributed by atoms with Crippen LogP contribution in [0.25, 0.3) is 5.57 Å². The van der Waals surface area contributed by atoms with Gasteiger partial charge in [0.25, 0.3) is 11.8 Å². The summed E-state index contributed by atoms with van der Waals surface area (Å²) < 4.78 is 0. The van der Waals surface area contributed by atoms with E-state index in [1.165, 1.54) is 0 Å². The first-order valence-electron chi connectivity index (χ1n) is 8.86. The third-order valence-corrected chi connectivity index (χ3v) is 4.37. The number of hydrogen-bond donors (Lipinski definition) is 1. The summed E-state index contributed by atoms with van der Waals surface area (Å²) in [6, 6.07) is 16.5. The van der Waals surface area contributed by atoms with Crippen LogP contribution in [-0.4, -0.2) is 18.4 Å². The largest absolute Gasteiger partial charge is 0.321 e. The number of anilines is 2. The molecule has 2 amide bonds. The van der Waals surface area contributed by atoms with E-state index in [2.05, 4.69) is 5.32 Å². The number of benzene rings is 2. The van der Waals surface area contributed by atoms with Gasteiger partial charge in [0.2, 0.25) is 0 Å². The Morgan fingerprint density at radius 3 is 2.44 bits per heavy atom. The van der Waals surface area contributed by atoms with Gasteiger partial charge >= 0.3 is 0 Å². The van der Waals surface area contributed by atoms with Crippen LogP contribution in [0.4, 0.5) is 11.4 Å². The molecule has 2 aromatic carbocycles. The molecule has 0 unspecified atom stereocenters. The molecule has 0 spiro atoms. The maximum absolute atomic E-state index is 13.0. The van der Waals surface area contributed by atoms with Crippen molar-refractivity contribution >= 4 is 28.8 Å². The van der Waals surface area contributed by atoms with Crippen molar-refractivity contribution in [2.24, 2.45) is 5.92 Å². The molecule has 0 bridgehead atoms. The number of nitrogens with zero attached hydrogens (tertiary/aromatic N) is 2. The van der Waals surface area contributed by atoms with Crippen molar-refractivity contribution in [2.75, 3.05) is 16.8 Å². The van der Waals surface area contributed by atoms with Crippen LogP contribution in [0.2, 0.25) is 0 Å². The summed E-state index contributed by atoms with van der Waals surface area (Å²) >= 11 is 0. The Morgan fingerprint density at radius 1 is 1.15 bits per heavy atom. The van der Waals surface area contributed by atoms with E-state index in [0.717, 1.165) is 11.3 Å². The molecule has 0 aromatic heterocycles. The summed E-state index contributed by atoms with van der Waals surface area (Å²) in [5, 5.41) is 12.4. The van der Waals surface area contributed by atoms with E-state index in [0.29, 0.717) is 17.8 Å². The minimum Gasteiger partial charge on any atom is -0.321 e. The molecule has 0 saturated carbocycles. The lowest BCUT2D eigenvalue weighted by Crippen LogP contribution is -2.31. The number of fused-ring (bicyclic) bond motifs is 1. The number of hydrogen-bond acceptors (Lipinski definition) is 3. The van der Waals surface area contributed by atoms with E-state index in [1.54, 1.807) is 29.2 Å². The summed E-state index contributed by atoms with van der Waals surface area (Å²) in [5.41, 5.74) is 3.01. The van der Waals surface area contributed by atoms with Gasteiger partial charge in [0.15, 0.2) is 0 Å². The third-order valence-electron chi connectivity index (χ3n) is 4.37. The molecule has 136 valence electrons. The van der Waals surface area contributed by atoms with Gasteiger partial charge in [0, 0.05) is 17.8 Å². The Kier molecular flexibility index (Phi) is 5.09. The Bertz CT molecular complexity index is 966. The van der Waals surface area contributed by atoms with Crippen LogP contribution in [0, 0.1) is 24.2 Å². The average molecular weight is 359 g/mol. The van der Waals surface area contributed by atoms with Gasteiger partial charge in [-0.25, -0.2) is 0 Å². The zero-order valence-corrected chi connectivity index (χ0v) is 15.6. The summed E-state index contributed by atoms with van der Waals surface area (Å²) in [6.07, 6.45) is 0. The Hall–Kier alpha value is -3.39. The predicted octanol–water partition coefficient (Wildman–Crippen LogP) is 3.91. The Balaban J connectivity index is 2.03. The quantitative estimate of drug-likeness (QED) is 0.664. The van der Waals surface area contributed by atoms with Crippen molar-refractivity contribution in [3.05, 3.63) is 65.2 Å². The number of carbonyl (C=O) groups is 2. The lowest BCUT2D eigenvalue weighted by Gasteiger charge is -2.19. The smallest absolute Gasteiger partial charge is 0.267 e. The van der Waals surface area contributed by atoms with E-state index in [9.17, 15) is 14.9 Å². The van der Waals surface area contributed by atoms with Crippen molar-refractivity contribution in [2.45, 2.75) is 20.8 Å². The zero-order valence-electron chi connectivity index (χ0n) is 15.6. The second kappa shape index (κ2) is 7.46. The topological polar surface area (TPSA) is 73.2 Å². The van der Waals surface area contributed by atoms with Crippen molar-refractivity contribution < 1.29 is 9.59 Å². The molecular formula is C22H21N3O2. The van der Waals surface area contributed by atoms with E-state index in [4.69, 9.17) is 0 Å². The normalized spacial score (nSPS) is 14.8. The van der Waals surface area contributed by atoms with Crippen molar-refractivity contribution in [3.63, 3.8) is 0 Å². The van der Waals surface area contributed by atoms with Crippen LogP contribution < -0.4 is 10.2 Å². The van der Waals surface area contributed by atoms with Gasteiger partial charge in [-0.3, -0.25) is 9.59 Å². The number of nitrogens with one attached hydrogen (secondary N) is 1. The van der Waals surface area contributed by atoms with E-state index in [-0.39, 0.29) is 23.0 Å². The molecule has 1 heterocycles. The fourth-order valence-electron chi connectivity index (χ4n) is 3.12. The minimum absolute atomic E-state index is 0.165. The molecule has 1 aliphatic heterocycles. The van der Waals surface area contributed by atoms with Crippen molar-refractivity contribution in [1.82, 2.24) is 0 Å². The van der Waals surface area contributed by atoms with E-state index >= 15 is 0 Å². The number of rotatable bonds is 4. The summed E-state index contributed by atoms with van der Waals surface area (Å²) in [5.74, 6) is -0.625. The molecule has 2 aromatic rings. The van der Waals surface area contributed by atoms with Gasteiger partial charge in [0.1, 0.15) is 11.6 Å². The molecule has 0 saturated heterocycles. The number of para-hydroxylation sites is 1. The molecule has 5 nitrogen and oxygen atoms in total. The molecule has 1 N–H and O–H groups in total. The second-order valence-corrected chi connectivity index (χ2v) is 7.01. The fourth-order valence-corrected chi connectivity index (χ4v) is 3.12. The van der Waals surface area contributed by atoms with Crippen molar-refractivity contribution in [3.8, 4) is 6.07 Å². The molecule has 0 radical (unpaired) electrons. The first-order chi connectivity index (χ1) is 12.9. The Labute approximate surface area is 158 Å². The van der Waals surface area contributed by atoms with Gasteiger partial charge in [-0.05, 0) is 31.0 Å². The van der Waals surface area contributed by atoms with E-state index in [1.807, 2.05) is 51.1 Å². The van der Waals surface area contributed by atoms with Crippen LogP contribution in [0.3, 0.4) is 0 Å². The number of carbonyl (C=O) groups excluding carboxylic acids is 2. The minimum atomic E-state index is -0.578.